The Kier molecular flexibility index (Phi) is 10.3. The highest BCUT2D eigenvalue weighted by atomic mass is 35.5. The first-order chi connectivity index (χ1) is 10.2. The van der Waals surface area contributed by atoms with E-state index < -0.39 is 0 Å². The highest BCUT2D eigenvalue weighted by Crippen LogP contribution is 2.21. The van der Waals surface area contributed by atoms with Crippen molar-refractivity contribution in [1.82, 2.24) is 15.6 Å². The van der Waals surface area contributed by atoms with Gasteiger partial charge < -0.3 is 15.1 Å². The van der Waals surface area contributed by atoms with E-state index in [-0.39, 0.29) is 37.1 Å². The summed E-state index contributed by atoms with van der Waals surface area (Å²) in [5, 5.41) is 6.01. The zero-order chi connectivity index (χ0) is 15.1. The van der Waals surface area contributed by atoms with Crippen LogP contribution in [0.2, 0.25) is 0 Å². The molecule has 128 valence electrons. The summed E-state index contributed by atoms with van der Waals surface area (Å²) in [6.07, 6.45) is 0.244. The number of rotatable bonds is 7. The van der Waals surface area contributed by atoms with E-state index >= 15 is 0 Å². The summed E-state index contributed by atoms with van der Waals surface area (Å²) in [5.74, 6) is 1.21. The van der Waals surface area contributed by atoms with Crippen LogP contribution < -0.4 is 10.6 Å². The van der Waals surface area contributed by atoms with Gasteiger partial charge in [-0.1, -0.05) is 25.1 Å². The number of nitrogens with one attached hydrogen (secondary N) is 2. The summed E-state index contributed by atoms with van der Waals surface area (Å²) in [7, 11) is 0. The molecule has 0 fully saturated rings. The van der Waals surface area contributed by atoms with Gasteiger partial charge in [0.2, 0.25) is 11.8 Å². The Bertz CT molecular complexity index is 588. The van der Waals surface area contributed by atoms with Gasteiger partial charge in [0, 0.05) is 18.7 Å². The number of aromatic nitrogens is 1. The molecule has 0 radical (unpaired) electrons. The molecular formula is C16H23Cl2N3O2. The van der Waals surface area contributed by atoms with Crippen LogP contribution in [0.5, 0.6) is 0 Å². The third-order valence-corrected chi connectivity index (χ3v) is 3.12. The molecular weight excluding hydrogens is 337 g/mol. The quantitative estimate of drug-likeness (QED) is 0.745. The van der Waals surface area contributed by atoms with Crippen LogP contribution in [-0.4, -0.2) is 30.5 Å². The SMILES string of the molecule is CCNCCNC(=O)Cc1nc(-c2ccccc2)oc1C.Cl.Cl. The van der Waals surface area contributed by atoms with E-state index in [4.69, 9.17) is 4.42 Å². The van der Waals surface area contributed by atoms with Gasteiger partial charge in [0.15, 0.2) is 0 Å². The first kappa shape index (κ1) is 21.4. The van der Waals surface area contributed by atoms with Crippen LogP contribution >= 0.6 is 24.8 Å². The lowest BCUT2D eigenvalue weighted by atomic mass is 10.2. The number of likely N-dealkylation sites (N-methyl/N-ethyl adjacent to an activating group) is 1. The standard InChI is InChI=1S/C16H21N3O2.2ClH/c1-3-17-9-10-18-15(20)11-14-12(2)21-16(19-14)13-7-5-4-6-8-13;;/h4-8,17H,3,9-11H2,1-2H3,(H,18,20);2*1H. The molecule has 0 atom stereocenters. The Morgan fingerprint density at radius 2 is 1.87 bits per heavy atom. The first-order valence-electron chi connectivity index (χ1n) is 7.20. The predicted molar refractivity (Wildman–Crippen MR) is 96.4 cm³/mol. The number of oxazole rings is 1. The maximum atomic E-state index is 11.9. The fourth-order valence-corrected chi connectivity index (χ4v) is 1.98. The van der Waals surface area contributed by atoms with Crippen molar-refractivity contribution >= 4 is 30.7 Å². The van der Waals surface area contributed by atoms with E-state index in [0.29, 0.717) is 23.9 Å². The number of carbonyl (C=O) groups is 1. The number of aryl methyl sites for hydroxylation is 1. The number of hydrogen-bond donors (Lipinski definition) is 2. The van der Waals surface area contributed by atoms with E-state index in [9.17, 15) is 4.79 Å². The molecule has 2 rings (SSSR count). The lowest BCUT2D eigenvalue weighted by molar-refractivity contribution is -0.120. The summed E-state index contributed by atoms with van der Waals surface area (Å²) in [6.45, 7) is 6.16. The summed E-state index contributed by atoms with van der Waals surface area (Å²) >= 11 is 0. The highest BCUT2D eigenvalue weighted by molar-refractivity contribution is 5.85. The molecule has 2 aromatic rings. The maximum absolute atomic E-state index is 11.9. The molecule has 0 saturated carbocycles. The van der Waals surface area contributed by atoms with E-state index in [1.807, 2.05) is 44.2 Å². The minimum atomic E-state index is -0.0380. The van der Waals surface area contributed by atoms with Gasteiger partial charge >= 0.3 is 0 Å². The van der Waals surface area contributed by atoms with Crippen LogP contribution in [0.3, 0.4) is 0 Å². The smallest absolute Gasteiger partial charge is 0.226 e. The van der Waals surface area contributed by atoms with Crippen LogP contribution in [0.1, 0.15) is 18.4 Å². The van der Waals surface area contributed by atoms with Gasteiger partial charge in [-0.05, 0) is 25.6 Å². The predicted octanol–water partition coefficient (Wildman–Crippen LogP) is 2.76. The van der Waals surface area contributed by atoms with Gasteiger partial charge in [0.25, 0.3) is 0 Å². The molecule has 7 heteroatoms. The Balaban J connectivity index is 0.00000242. The maximum Gasteiger partial charge on any atom is 0.226 e. The number of hydrogen-bond acceptors (Lipinski definition) is 4. The van der Waals surface area contributed by atoms with Gasteiger partial charge in [-0.3, -0.25) is 4.79 Å². The topological polar surface area (TPSA) is 67.2 Å². The number of nitrogens with zero attached hydrogens (tertiary/aromatic N) is 1. The summed E-state index contributed by atoms with van der Waals surface area (Å²) in [5.41, 5.74) is 1.61. The van der Waals surface area contributed by atoms with Crippen molar-refractivity contribution in [2.75, 3.05) is 19.6 Å². The molecule has 0 aliphatic carbocycles. The second kappa shape index (κ2) is 11.0. The molecule has 1 amide bonds. The molecule has 5 nitrogen and oxygen atoms in total. The van der Waals surface area contributed by atoms with Crippen molar-refractivity contribution in [3.8, 4) is 11.5 Å². The second-order valence-electron chi connectivity index (χ2n) is 4.77. The van der Waals surface area contributed by atoms with E-state index in [0.717, 1.165) is 18.7 Å². The zero-order valence-electron chi connectivity index (χ0n) is 13.3. The highest BCUT2D eigenvalue weighted by Gasteiger charge is 2.14. The summed E-state index contributed by atoms with van der Waals surface area (Å²) in [4.78, 5) is 16.3. The Morgan fingerprint density at radius 1 is 1.17 bits per heavy atom. The van der Waals surface area contributed by atoms with Crippen molar-refractivity contribution in [2.24, 2.45) is 0 Å². The largest absolute Gasteiger partial charge is 0.441 e. The Labute approximate surface area is 149 Å². The minimum Gasteiger partial charge on any atom is -0.441 e. The average Bonchev–Trinajstić information content (AvgIpc) is 2.86. The second-order valence-corrected chi connectivity index (χ2v) is 4.77. The molecule has 0 spiro atoms. The van der Waals surface area contributed by atoms with Crippen LogP contribution in [0, 0.1) is 6.92 Å². The number of benzene rings is 1. The average molecular weight is 360 g/mol. The fourth-order valence-electron chi connectivity index (χ4n) is 1.98. The fraction of sp³-hybridized carbons (Fsp3) is 0.375. The van der Waals surface area contributed by atoms with Crippen molar-refractivity contribution in [3.63, 3.8) is 0 Å². The van der Waals surface area contributed by atoms with Gasteiger partial charge in [0.1, 0.15) is 5.76 Å². The first-order valence-corrected chi connectivity index (χ1v) is 7.20. The molecule has 1 aromatic carbocycles. The molecule has 23 heavy (non-hydrogen) atoms. The zero-order valence-corrected chi connectivity index (χ0v) is 14.9. The van der Waals surface area contributed by atoms with Gasteiger partial charge in [-0.15, -0.1) is 24.8 Å². The third-order valence-electron chi connectivity index (χ3n) is 3.12. The van der Waals surface area contributed by atoms with Crippen LogP contribution in [0.4, 0.5) is 0 Å². The number of halogens is 2. The molecule has 1 aromatic heterocycles. The van der Waals surface area contributed by atoms with Crippen LogP contribution in [0.15, 0.2) is 34.7 Å². The van der Waals surface area contributed by atoms with E-state index in [1.165, 1.54) is 0 Å². The minimum absolute atomic E-state index is 0. The van der Waals surface area contributed by atoms with Crippen molar-refractivity contribution in [2.45, 2.75) is 20.3 Å². The van der Waals surface area contributed by atoms with Crippen molar-refractivity contribution in [3.05, 3.63) is 41.8 Å². The summed E-state index contributed by atoms with van der Waals surface area (Å²) in [6, 6.07) is 9.68. The van der Waals surface area contributed by atoms with Crippen LogP contribution in [-0.2, 0) is 11.2 Å². The molecule has 0 unspecified atom stereocenters. The molecule has 0 bridgehead atoms. The van der Waals surface area contributed by atoms with Gasteiger partial charge in [-0.25, -0.2) is 4.98 Å². The van der Waals surface area contributed by atoms with Crippen molar-refractivity contribution < 1.29 is 9.21 Å². The lowest BCUT2D eigenvalue weighted by Crippen LogP contribution is -2.32. The summed E-state index contributed by atoms with van der Waals surface area (Å²) < 4.78 is 5.64. The molecule has 2 N–H and O–H groups in total. The lowest BCUT2D eigenvalue weighted by Gasteiger charge is -2.04. The monoisotopic (exact) mass is 359 g/mol. The molecule has 0 aliphatic heterocycles. The normalized spacial score (nSPS) is 9.65. The van der Waals surface area contributed by atoms with E-state index in [1.54, 1.807) is 0 Å². The van der Waals surface area contributed by atoms with Crippen LogP contribution in [0.25, 0.3) is 11.5 Å². The Hall–Kier alpha value is -1.56. The third kappa shape index (κ3) is 6.60. The Morgan fingerprint density at radius 3 is 2.52 bits per heavy atom. The molecule has 0 aliphatic rings. The van der Waals surface area contributed by atoms with Crippen molar-refractivity contribution in [1.29, 1.82) is 0 Å². The number of carbonyl (C=O) groups excluding carboxylic acids is 1. The molecule has 0 saturated heterocycles. The van der Waals surface area contributed by atoms with E-state index in [2.05, 4.69) is 15.6 Å². The van der Waals surface area contributed by atoms with Gasteiger partial charge in [-0.2, -0.15) is 0 Å². The van der Waals surface area contributed by atoms with Gasteiger partial charge in [0.05, 0.1) is 12.1 Å². The molecule has 1 heterocycles. The number of amides is 1.